The van der Waals surface area contributed by atoms with Crippen LogP contribution < -0.4 is 5.32 Å². The van der Waals surface area contributed by atoms with Gasteiger partial charge in [0.05, 0.1) is 6.04 Å². The molecule has 0 amide bonds. The zero-order chi connectivity index (χ0) is 13.9. The minimum atomic E-state index is -0.0578. The molecule has 2 aliphatic rings. The highest BCUT2D eigenvalue weighted by Crippen LogP contribution is 2.24. The molecule has 2 heteroatoms. The van der Waals surface area contributed by atoms with E-state index in [2.05, 4.69) is 17.4 Å². The van der Waals surface area contributed by atoms with Gasteiger partial charge in [0.2, 0.25) is 0 Å². The van der Waals surface area contributed by atoms with Crippen LogP contribution in [0.3, 0.4) is 0 Å². The van der Waals surface area contributed by atoms with Gasteiger partial charge in [-0.05, 0) is 56.2 Å². The van der Waals surface area contributed by atoms with Gasteiger partial charge >= 0.3 is 0 Å². The molecule has 0 bridgehead atoms. The maximum Gasteiger partial charge on any atom is 0.179 e. The van der Waals surface area contributed by atoms with Crippen molar-refractivity contribution < 1.29 is 4.79 Å². The fourth-order valence-electron chi connectivity index (χ4n) is 3.67. The summed E-state index contributed by atoms with van der Waals surface area (Å²) in [7, 11) is 0. The standard InChI is InChI=1S/C18H25NO/c1-13(19-17-8-3-2-4-9-17)18(20)16-11-10-14-6-5-7-15(14)12-16/h10-13,17,19H,2-9H2,1H3. The molecule has 0 heterocycles. The van der Waals surface area contributed by atoms with E-state index in [1.165, 1.54) is 56.1 Å². The number of fused-ring (bicyclic) bond motifs is 1. The Balaban J connectivity index is 1.65. The molecule has 1 aromatic rings. The minimum absolute atomic E-state index is 0.0578. The Morgan fingerprint density at radius 1 is 1.10 bits per heavy atom. The maximum absolute atomic E-state index is 12.6. The summed E-state index contributed by atoms with van der Waals surface area (Å²) in [4.78, 5) is 12.6. The van der Waals surface area contributed by atoms with Gasteiger partial charge in [-0.2, -0.15) is 0 Å². The second-order valence-corrected chi connectivity index (χ2v) is 6.42. The first-order chi connectivity index (χ1) is 9.74. The number of Topliss-reactive ketones (excluding diaryl/α,β-unsaturated/α-hetero) is 1. The van der Waals surface area contributed by atoms with Crippen LogP contribution in [0.15, 0.2) is 18.2 Å². The van der Waals surface area contributed by atoms with Gasteiger partial charge in [-0.1, -0.05) is 31.4 Å². The predicted molar refractivity (Wildman–Crippen MR) is 82.3 cm³/mol. The summed E-state index contributed by atoms with van der Waals surface area (Å²) in [5.41, 5.74) is 3.72. The first-order valence-electron chi connectivity index (χ1n) is 8.16. The van der Waals surface area contributed by atoms with Crippen LogP contribution in [0.1, 0.15) is 66.9 Å². The van der Waals surface area contributed by atoms with Gasteiger partial charge in [-0.15, -0.1) is 0 Å². The third-order valence-corrected chi connectivity index (χ3v) is 4.87. The Morgan fingerprint density at radius 2 is 1.85 bits per heavy atom. The maximum atomic E-state index is 12.6. The van der Waals surface area contributed by atoms with E-state index in [0.717, 1.165) is 12.0 Å². The van der Waals surface area contributed by atoms with Crippen LogP contribution in [0, 0.1) is 0 Å². The van der Waals surface area contributed by atoms with Crippen molar-refractivity contribution in [3.63, 3.8) is 0 Å². The molecule has 1 fully saturated rings. The molecule has 0 aromatic heterocycles. The van der Waals surface area contributed by atoms with E-state index < -0.39 is 0 Å². The van der Waals surface area contributed by atoms with Gasteiger partial charge < -0.3 is 5.32 Å². The molecule has 1 aromatic carbocycles. The quantitative estimate of drug-likeness (QED) is 0.847. The molecule has 108 valence electrons. The molecule has 0 aliphatic heterocycles. The van der Waals surface area contributed by atoms with Gasteiger partial charge in [-0.3, -0.25) is 4.79 Å². The number of benzene rings is 1. The van der Waals surface area contributed by atoms with E-state index in [1.54, 1.807) is 0 Å². The fourth-order valence-corrected chi connectivity index (χ4v) is 3.67. The molecule has 0 radical (unpaired) electrons. The number of carbonyl (C=O) groups excluding carboxylic acids is 1. The lowest BCUT2D eigenvalue weighted by Crippen LogP contribution is -2.42. The van der Waals surface area contributed by atoms with Crippen molar-refractivity contribution in [2.45, 2.75) is 70.4 Å². The van der Waals surface area contributed by atoms with Crippen molar-refractivity contribution in [3.05, 3.63) is 34.9 Å². The second-order valence-electron chi connectivity index (χ2n) is 6.42. The first-order valence-corrected chi connectivity index (χ1v) is 8.16. The Morgan fingerprint density at radius 3 is 2.65 bits per heavy atom. The smallest absolute Gasteiger partial charge is 0.179 e. The van der Waals surface area contributed by atoms with E-state index in [-0.39, 0.29) is 11.8 Å². The van der Waals surface area contributed by atoms with Crippen LogP contribution in [-0.4, -0.2) is 17.9 Å². The third kappa shape index (κ3) is 2.95. The molecule has 0 spiro atoms. The SMILES string of the molecule is CC(NC1CCCCC1)C(=O)c1ccc2c(c1)CCC2. The van der Waals surface area contributed by atoms with E-state index in [4.69, 9.17) is 0 Å². The van der Waals surface area contributed by atoms with Crippen LogP contribution in [0.2, 0.25) is 0 Å². The van der Waals surface area contributed by atoms with Crippen molar-refractivity contribution >= 4 is 5.78 Å². The molecule has 1 N–H and O–H groups in total. The van der Waals surface area contributed by atoms with Crippen molar-refractivity contribution in [1.82, 2.24) is 5.32 Å². The van der Waals surface area contributed by atoms with Crippen LogP contribution >= 0.6 is 0 Å². The molecular formula is C18H25NO. The molecule has 3 rings (SSSR count). The molecular weight excluding hydrogens is 246 g/mol. The first kappa shape index (κ1) is 13.8. The fraction of sp³-hybridized carbons (Fsp3) is 0.611. The van der Waals surface area contributed by atoms with Crippen LogP contribution in [0.5, 0.6) is 0 Å². The van der Waals surface area contributed by atoms with Crippen molar-refractivity contribution in [2.24, 2.45) is 0 Å². The average Bonchev–Trinajstić information content (AvgIpc) is 2.94. The molecule has 1 unspecified atom stereocenters. The van der Waals surface area contributed by atoms with E-state index >= 15 is 0 Å². The predicted octanol–water partition coefficient (Wildman–Crippen LogP) is 3.67. The van der Waals surface area contributed by atoms with Crippen molar-refractivity contribution in [1.29, 1.82) is 0 Å². The van der Waals surface area contributed by atoms with Crippen LogP contribution in [0.25, 0.3) is 0 Å². The Bertz CT molecular complexity index is 488. The summed E-state index contributed by atoms with van der Waals surface area (Å²) in [6, 6.07) is 6.78. The van der Waals surface area contributed by atoms with Gasteiger partial charge in [0.1, 0.15) is 0 Å². The third-order valence-electron chi connectivity index (χ3n) is 4.87. The summed E-state index contributed by atoms with van der Waals surface area (Å²) < 4.78 is 0. The number of carbonyl (C=O) groups is 1. The van der Waals surface area contributed by atoms with E-state index in [1.807, 2.05) is 13.0 Å². The van der Waals surface area contributed by atoms with Crippen LogP contribution in [-0.2, 0) is 12.8 Å². The topological polar surface area (TPSA) is 29.1 Å². The van der Waals surface area contributed by atoms with Crippen molar-refractivity contribution in [2.75, 3.05) is 0 Å². The summed E-state index contributed by atoms with van der Waals surface area (Å²) in [5.74, 6) is 0.255. The summed E-state index contributed by atoms with van der Waals surface area (Å²) in [5, 5.41) is 3.54. The number of hydrogen-bond acceptors (Lipinski definition) is 2. The molecule has 20 heavy (non-hydrogen) atoms. The average molecular weight is 271 g/mol. The van der Waals surface area contributed by atoms with Gasteiger partial charge in [0, 0.05) is 11.6 Å². The molecule has 1 saturated carbocycles. The molecule has 1 atom stereocenters. The van der Waals surface area contributed by atoms with Gasteiger partial charge in [0.15, 0.2) is 5.78 Å². The van der Waals surface area contributed by atoms with Crippen molar-refractivity contribution in [3.8, 4) is 0 Å². The summed E-state index contributed by atoms with van der Waals surface area (Å²) in [6.45, 7) is 2.02. The minimum Gasteiger partial charge on any atom is -0.305 e. The lowest BCUT2D eigenvalue weighted by Gasteiger charge is -2.26. The van der Waals surface area contributed by atoms with E-state index in [0.29, 0.717) is 6.04 Å². The number of rotatable bonds is 4. The highest BCUT2D eigenvalue weighted by Gasteiger charge is 2.22. The van der Waals surface area contributed by atoms with Gasteiger partial charge in [-0.25, -0.2) is 0 Å². The highest BCUT2D eigenvalue weighted by molar-refractivity contribution is 6.00. The number of aryl methyl sites for hydroxylation is 2. The van der Waals surface area contributed by atoms with Crippen LogP contribution in [0.4, 0.5) is 0 Å². The monoisotopic (exact) mass is 271 g/mol. The number of ketones is 1. The second kappa shape index (κ2) is 6.09. The number of nitrogens with one attached hydrogen (secondary N) is 1. The summed E-state index contributed by atoms with van der Waals surface area (Å²) >= 11 is 0. The van der Waals surface area contributed by atoms with Gasteiger partial charge in [0.25, 0.3) is 0 Å². The largest absolute Gasteiger partial charge is 0.305 e. The molecule has 0 saturated heterocycles. The Kier molecular flexibility index (Phi) is 4.21. The lowest BCUT2D eigenvalue weighted by molar-refractivity contribution is 0.0940. The Labute approximate surface area is 122 Å². The normalized spacial score (nSPS) is 20.6. The number of hydrogen-bond donors (Lipinski definition) is 1. The Hall–Kier alpha value is -1.15. The summed E-state index contributed by atoms with van der Waals surface area (Å²) in [6.07, 6.45) is 9.97. The lowest BCUT2D eigenvalue weighted by atomic mass is 9.93. The molecule has 2 nitrogen and oxygen atoms in total. The molecule has 2 aliphatic carbocycles. The highest BCUT2D eigenvalue weighted by atomic mass is 16.1. The zero-order valence-electron chi connectivity index (χ0n) is 12.5. The van der Waals surface area contributed by atoms with E-state index in [9.17, 15) is 4.79 Å². The zero-order valence-corrected chi connectivity index (χ0v) is 12.5.